The summed E-state index contributed by atoms with van der Waals surface area (Å²) >= 11 is 0. The molecule has 0 spiro atoms. The number of rotatable bonds is 5. The Bertz CT molecular complexity index is 321. The molecule has 0 radical (unpaired) electrons. The van der Waals surface area contributed by atoms with E-state index in [1.165, 1.54) is 64.2 Å². The molecule has 0 aliphatic heterocycles. The topological polar surface area (TPSA) is 23.8 Å². The lowest BCUT2D eigenvalue weighted by Crippen LogP contribution is -2.32. The van der Waals surface area contributed by atoms with Gasteiger partial charge in [-0.3, -0.25) is 0 Å². The first kappa shape index (κ1) is 15.9. The van der Waals surface area contributed by atoms with Crippen molar-refractivity contribution >= 4 is 0 Å². The minimum Gasteiger partial charge on any atom is -0.198 e. The van der Waals surface area contributed by atoms with Crippen LogP contribution in [0.1, 0.15) is 90.9 Å². The molecule has 20 heavy (non-hydrogen) atoms. The van der Waals surface area contributed by atoms with Crippen LogP contribution >= 0.6 is 0 Å². The average Bonchev–Trinajstić information content (AvgIpc) is 2.53. The van der Waals surface area contributed by atoms with E-state index in [4.69, 9.17) is 0 Å². The summed E-state index contributed by atoms with van der Waals surface area (Å²) in [6.45, 7) is 4.52. The molecule has 1 nitrogen and oxygen atoms in total. The van der Waals surface area contributed by atoms with Gasteiger partial charge in [0.15, 0.2) is 0 Å². The molecular formula is C19H33N. The summed E-state index contributed by atoms with van der Waals surface area (Å²) in [6.07, 6.45) is 16.2. The first-order chi connectivity index (χ1) is 9.73. The van der Waals surface area contributed by atoms with Gasteiger partial charge in [-0.05, 0) is 49.9 Å². The molecule has 0 aromatic rings. The number of nitriles is 1. The highest BCUT2D eigenvalue weighted by molar-refractivity contribution is 5.02. The highest BCUT2D eigenvalue weighted by atomic mass is 14.4. The molecule has 0 amide bonds. The largest absolute Gasteiger partial charge is 0.198 e. The van der Waals surface area contributed by atoms with Crippen LogP contribution in [0.25, 0.3) is 0 Å². The van der Waals surface area contributed by atoms with E-state index in [0.717, 1.165) is 30.6 Å². The van der Waals surface area contributed by atoms with Gasteiger partial charge >= 0.3 is 0 Å². The van der Waals surface area contributed by atoms with E-state index >= 15 is 0 Å². The Kier molecular flexibility index (Phi) is 5.94. The standard InChI is InChI=1S/C19H33N/c1-3-5-7-16-9-11-17(12-10-16)18-8-6-13-19(4-2,14-18)15-20/h16-18H,3-14H2,1-2H3/t16?,17?,18-,19+/m1/s1. The summed E-state index contributed by atoms with van der Waals surface area (Å²) in [5, 5.41) is 9.55. The van der Waals surface area contributed by atoms with Crippen molar-refractivity contribution in [3.8, 4) is 6.07 Å². The Morgan fingerprint density at radius 1 is 1.05 bits per heavy atom. The summed E-state index contributed by atoms with van der Waals surface area (Å²) in [5.41, 5.74) is 0.0297. The van der Waals surface area contributed by atoms with Crippen molar-refractivity contribution in [1.29, 1.82) is 5.26 Å². The fourth-order valence-electron chi connectivity index (χ4n) is 4.75. The van der Waals surface area contributed by atoms with Crippen molar-refractivity contribution in [3.63, 3.8) is 0 Å². The zero-order valence-corrected chi connectivity index (χ0v) is 13.7. The smallest absolute Gasteiger partial charge is 0.0689 e. The first-order valence-electron chi connectivity index (χ1n) is 9.14. The maximum Gasteiger partial charge on any atom is 0.0689 e. The maximum atomic E-state index is 9.55. The minimum absolute atomic E-state index is 0.0297. The van der Waals surface area contributed by atoms with E-state index in [1.54, 1.807) is 0 Å². The van der Waals surface area contributed by atoms with E-state index in [-0.39, 0.29) is 5.41 Å². The third-order valence-electron chi connectivity index (χ3n) is 6.32. The molecule has 0 N–H and O–H groups in total. The van der Waals surface area contributed by atoms with E-state index in [9.17, 15) is 5.26 Å². The van der Waals surface area contributed by atoms with Gasteiger partial charge < -0.3 is 0 Å². The maximum absolute atomic E-state index is 9.55. The SMILES string of the molecule is CCCCC1CCC([C@@H]2CCC[C@@](C#N)(CC)C2)CC1. The second-order valence-corrected chi connectivity index (χ2v) is 7.53. The molecule has 1 heteroatoms. The molecule has 114 valence electrons. The number of hydrogen-bond acceptors (Lipinski definition) is 1. The van der Waals surface area contributed by atoms with Crippen molar-refractivity contribution in [3.05, 3.63) is 0 Å². The van der Waals surface area contributed by atoms with Gasteiger partial charge in [0.2, 0.25) is 0 Å². The van der Waals surface area contributed by atoms with Crippen LogP contribution in [-0.4, -0.2) is 0 Å². The molecule has 2 aliphatic carbocycles. The number of unbranched alkanes of at least 4 members (excludes halogenated alkanes) is 1. The van der Waals surface area contributed by atoms with Crippen LogP contribution in [0.15, 0.2) is 0 Å². The fraction of sp³-hybridized carbons (Fsp3) is 0.947. The second kappa shape index (κ2) is 7.48. The highest BCUT2D eigenvalue weighted by Crippen LogP contribution is 2.48. The van der Waals surface area contributed by atoms with Gasteiger partial charge in [0.1, 0.15) is 0 Å². The van der Waals surface area contributed by atoms with Crippen molar-refractivity contribution in [2.24, 2.45) is 23.2 Å². The number of nitrogens with zero attached hydrogens (tertiary/aromatic N) is 1. The van der Waals surface area contributed by atoms with Gasteiger partial charge in [0, 0.05) is 0 Å². The average molecular weight is 275 g/mol. The van der Waals surface area contributed by atoms with Gasteiger partial charge in [0.05, 0.1) is 11.5 Å². The van der Waals surface area contributed by atoms with Crippen molar-refractivity contribution in [2.45, 2.75) is 90.9 Å². The number of hydrogen-bond donors (Lipinski definition) is 0. The zero-order chi connectivity index (χ0) is 14.4. The molecule has 2 saturated carbocycles. The summed E-state index contributed by atoms with van der Waals surface area (Å²) in [6, 6.07) is 2.67. The Hall–Kier alpha value is -0.510. The molecule has 2 rings (SSSR count). The first-order valence-corrected chi connectivity index (χ1v) is 9.14. The Morgan fingerprint density at radius 3 is 2.40 bits per heavy atom. The third kappa shape index (κ3) is 3.78. The zero-order valence-electron chi connectivity index (χ0n) is 13.7. The molecule has 0 aromatic carbocycles. The van der Waals surface area contributed by atoms with Crippen LogP contribution in [0.2, 0.25) is 0 Å². The molecule has 0 heterocycles. The van der Waals surface area contributed by atoms with Gasteiger partial charge in [-0.2, -0.15) is 5.26 Å². The van der Waals surface area contributed by atoms with Crippen LogP contribution in [0.3, 0.4) is 0 Å². The summed E-state index contributed by atoms with van der Waals surface area (Å²) < 4.78 is 0. The lowest BCUT2D eigenvalue weighted by molar-refractivity contribution is 0.107. The Balaban J connectivity index is 1.83. The van der Waals surface area contributed by atoms with E-state index in [0.29, 0.717) is 0 Å². The monoisotopic (exact) mass is 275 g/mol. The molecular weight excluding hydrogens is 242 g/mol. The van der Waals surface area contributed by atoms with Gasteiger partial charge in [0.25, 0.3) is 0 Å². The van der Waals surface area contributed by atoms with Crippen LogP contribution < -0.4 is 0 Å². The molecule has 0 bridgehead atoms. The lowest BCUT2D eigenvalue weighted by atomic mass is 9.62. The van der Waals surface area contributed by atoms with Crippen LogP contribution in [0.4, 0.5) is 0 Å². The van der Waals surface area contributed by atoms with Crippen LogP contribution in [-0.2, 0) is 0 Å². The second-order valence-electron chi connectivity index (χ2n) is 7.53. The summed E-state index contributed by atoms with van der Waals surface area (Å²) in [7, 11) is 0. The summed E-state index contributed by atoms with van der Waals surface area (Å²) in [5.74, 6) is 2.81. The normalized spacial score (nSPS) is 38.4. The molecule has 0 unspecified atom stereocenters. The van der Waals surface area contributed by atoms with Gasteiger partial charge in [-0.15, -0.1) is 0 Å². The third-order valence-corrected chi connectivity index (χ3v) is 6.32. The summed E-state index contributed by atoms with van der Waals surface area (Å²) in [4.78, 5) is 0. The predicted molar refractivity (Wildman–Crippen MR) is 85.3 cm³/mol. The highest BCUT2D eigenvalue weighted by Gasteiger charge is 2.38. The van der Waals surface area contributed by atoms with Crippen LogP contribution in [0.5, 0.6) is 0 Å². The molecule has 0 aromatic heterocycles. The van der Waals surface area contributed by atoms with E-state index in [2.05, 4.69) is 19.9 Å². The minimum atomic E-state index is 0.0297. The lowest BCUT2D eigenvalue weighted by Gasteiger charge is -2.41. The van der Waals surface area contributed by atoms with Gasteiger partial charge in [-0.25, -0.2) is 0 Å². The quantitative estimate of drug-likeness (QED) is 0.595. The Morgan fingerprint density at radius 2 is 1.80 bits per heavy atom. The van der Waals surface area contributed by atoms with E-state index in [1.807, 2.05) is 0 Å². The Labute approximate surface area is 126 Å². The van der Waals surface area contributed by atoms with E-state index < -0.39 is 0 Å². The van der Waals surface area contributed by atoms with Gasteiger partial charge in [-0.1, -0.05) is 58.8 Å². The van der Waals surface area contributed by atoms with Crippen molar-refractivity contribution in [2.75, 3.05) is 0 Å². The van der Waals surface area contributed by atoms with Crippen molar-refractivity contribution in [1.82, 2.24) is 0 Å². The molecule has 0 saturated heterocycles. The predicted octanol–water partition coefficient (Wildman–Crippen LogP) is 6.09. The van der Waals surface area contributed by atoms with Crippen molar-refractivity contribution < 1.29 is 0 Å². The molecule has 2 atom stereocenters. The fourth-order valence-corrected chi connectivity index (χ4v) is 4.75. The molecule has 2 fully saturated rings. The molecule has 2 aliphatic rings. The van der Waals surface area contributed by atoms with Crippen LogP contribution in [0, 0.1) is 34.5 Å².